The molecule has 0 saturated carbocycles. The molecule has 0 aliphatic carbocycles. The molecule has 0 bridgehead atoms. The zero-order valence-electron chi connectivity index (χ0n) is 13.2. The minimum absolute atomic E-state index is 0.289. The van der Waals surface area contributed by atoms with Gasteiger partial charge in [0.2, 0.25) is 0 Å². The largest absolute Gasteiger partial charge is 0.416 e. The number of urea groups is 1. The average Bonchev–Trinajstić information content (AvgIpc) is 2.97. The Morgan fingerprint density at radius 2 is 2.00 bits per heavy atom. The minimum Gasteiger partial charge on any atom is -0.381 e. The molecule has 7 heteroatoms. The molecule has 1 atom stereocenters. The van der Waals surface area contributed by atoms with Crippen LogP contribution in [0.5, 0.6) is 0 Å². The number of hydrogen-bond acceptors (Lipinski definition) is 2. The summed E-state index contributed by atoms with van der Waals surface area (Å²) >= 11 is 0. The van der Waals surface area contributed by atoms with E-state index in [1.54, 1.807) is 19.9 Å². The maximum Gasteiger partial charge on any atom is 0.416 e. The van der Waals surface area contributed by atoms with Gasteiger partial charge in [-0.05, 0) is 38.0 Å². The van der Waals surface area contributed by atoms with Gasteiger partial charge in [-0.3, -0.25) is 0 Å². The molecule has 1 unspecified atom stereocenters. The predicted octanol–water partition coefficient (Wildman–Crippen LogP) is 3.28. The van der Waals surface area contributed by atoms with Gasteiger partial charge in [-0.2, -0.15) is 13.2 Å². The fourth-order valence-electron chi connectivity index (χ4n) is 2.47. The Hall–Kier alpha value is -1.76. The molecule has 2 N–H and O–H groups in total. The number of carbonyl (C=O) groups is 1. The third-order valence-corrected chi connectivity index (χ3v) is 3.91. The molecule has 1 aromatic carbocycles. The standard InChI is InChI=1S/C16H21F3N2O2/c1-15(2,12-4-3-5-13(8-12)16(17,18)19)21-14(22)20-9-11-6-7-23-10-11/h3-5,8,11H,6-7,9-10H2,1-2H3,(H2,20,21,22). The topological polar surface area (TPSA) is 50.4 Å². The van der Waals surface area contributed by atoms with Gasteiger partial charge in [-0.25, -0.2) is 4.79 Å². The van der Waals surface area contributed by atoms with Crippen molar-refractivity contribution >= 4 is 6.03 Å². The van der Waals surface area contributed by atoms with Crippen molar-refractivity contribution in [2.75, 3.05) is 19.8 Å². The van der Waals surface area contributed by atoms with Crippen molar-refractivity contribution in [2.24, 2.45) is 5.92 Å². The van der Waals surface area contributed by atoms with Crippen molar-refractivity contribution in [1.82, 2.24) is 10.6 Å². The molecule has 1 heterocycles. The molecule has 1 aliphatic rings. The number of alkyl halides is 3. The maximum absolute atomic E-state index is 12.8. The van der Waals surface area contributed by atoms with Gasteiger partial charge in [-0.1, -0.05) is 12.1 Å². The number of amides is 2. The first kappa shape index (κ1) is 17.6. The van der Waals surface area contributed by atoms with E-state index < -0.39 is 23.3 Å². The number of rotatable bonds is 4. The van der Waals surface area contributed by atoms with Crippen LogP contribution in [0, 0.1) is 5.92 Å². The summed E-state index contributed by atoms with van der Waals surface area (Å²) in [4.78, 5) is 12.0. The second-order valence-corrected chi connectivity index (χ2v) is 6.27. The third kappa shape index (κ3) is 4.86. The van der Waals surface area contributed by atoms with Crippen LogP contribution in [0.15, 0.2) is 24.3 Å². The summed E-state index contributed by atoms with van der Waals surface area (Å²) in [6.07, 6.45) is -3.51. The summed E-state index contributed by atoms with van der Waals surface area (Å²) in [5.41, 5.74) is -1.25. The number of carbonyl (C=O) groups excluding carboxylic acids is 1. The van der Waals surface area contributed by atoms with Gasteiger partial charge in [0.1, 0.15) is 0 Å². The van der Waals surface area contributed by atoms with E-state index in [9.17, 15) is 18.0 Å². The van der Waals surface area contributed by atoms with Crippen LogP contribution in [0.2, 0.25) is 0 Å². The summed E-state index contributed by atoms with van der Waals surface area (Å²) in [6, 6.07) is 4.58. The van der Waals surface area contributed by atoms with Crippen LogP contribution < -0.4 is 10.6 Å². The quantitative estimate of drug-likeness (QED) is 0.890. The van der Waals surface area contributed by atoms with Gasteiger partial charge in [0, 0.05) is 19.1 Å². The molecule has 0 spiro atoms. The second-order valence-electron chi connectivity index (χ2n) is 6.27. The molecular weight excluding hydrogens is 309 g/mol. The van der Waals surface area contributed by atoms with Crippen LogP contribution in [0.1, 0.15) is 31.4 Å². The fourth-order valence-corrected chi connectivity index (χ4v) is 2.47. The van der Waals surface area contributed by atoms with Crippen LogP contribution in [0.3, 0.4) is 0 Å². The molecule has 128 valence electrons. The van der Waals surface area contributed by atoms with Gasteiger partial charge >= 0.3 is 12.2 Å². The molecule has 1 aromatic rings. The molecule has 4 nitrogen and oxygen atoms in total. The van der Waals surface area contributed by atoms with E-state index in [2.05, 4.69) is 10.6 Å². The Morgan fingerprint density at radius 1 is 1.30 bits per heavy atom. The van der Waals surface area contributed by atoms with Crippen LogP contribution in [-0.4, -0.2) is 25.8 Å². The molecule has 0 aromatic heterocycles. The lowest BCUT2D eigenvalue weighted by molar-refractivity contribution is -0.137. The smallest absolute Gasteiger partial charge is 0.381 e. The fraction of sp³-hybridized carbons (Fsp3) is 0.562. The Labute approximate surface area is 133 Å². The maximum atomic E-state index is 12.8. The normalized spacial score (nSPS) is 18.7. The SMILES string of the molecule is CC(C)(NC(=O)NCC1CCOC1)c1cccc(C(F)(F)F)c1. The van der Waals surface area contributed by atoms with Crippen molar-refractivity contribution < 1.29 is 22.7 Å². The highest BCUT2D eigenvalue weighted by Crippen LogP contribution is 2.32. The molecule has 23 heavy (non-hydrogen) atoms. The molecule has 2 amide bonds. The Morgan fingerprint density at radius 3 is 2.61 bits per heavy atom. The van der Waals surface area contributed by atoms with Gasteiger partial charge in [0.05, 0.1) is 17.7 Å². The molecular formula is C16H21F3N2O2. The van der Waals surface area contributed by atoms with Crippen molar-refractivity contribution in [2.45, 2.75) is 32.0 Å². The van der Waals surface area contributed by atoms with Gasteiger partial charge in [-0.15, -0.1) is 0 Å². The lowest BCUT2D eigenvalue weighted by Gasteiger charge is -2.28. The van der Waals surface area contributed by atoms with Crippen LogP contribution in [-0.2, 0) is 16.5 Å². The van der Waals surface area contributed by atoms with Crippen molar-refractivity contribution in [3.63, 3.8) is 0 Å². The average molecular weight is 330 g/mol. The minimum atomic E-state index is -4.41. The van der Waals surface area contributed by atoms with E-state index in [0.717, 1.165) is 18.6 Å². The number of hydrogen-bond donors (Lipinski definition) is 2. The molecule has 1 fully saturated rings. The first-order chi connectivity index (χ1) is 10.7. The van der Waals surface area contributed by atoms with E-state index in [-0.39, 0.29) is 5.92 Å². The van der Waals surface area contributed by atoms with E-state index >= 15 is 0 Å². The predicted molar refractivity (Wildman–Crippen MR) is 79.9 cm³/mol. The Bertz CT molecular complexity index is 553. The molecule has 2 rings (SSSR count). The first-order valence-electron chi connectivity index (χ1n) is 7.50. The number of benzene rings is 1. The van der Waals surface area contributed by atoms with E-state index in [1.165, 1.54) is 6.07 Å². The third-order valence-electron chi connectivity index (χ3n) is 3.91. The highest BCUT2D eigenvalue weighted by atomic mass is 19.4. The highest BCUT2D eigenvalue weighted by Gasteiger charge is 2.32. The summed E-state index contributed by atoms with van der Waals surface area (Å²) in [5, 5.41) is 5.46. The van der Waals surface area contributed by atoms with Crippen molar-refractivity contribution in [1.29, 1.82) is 0 Å². The van der Waals surface area contributed by atoms with Gasteiger partial charge in [0.15, 0.2) is 0 Å². The number of ether oxygens (including phenoxy) is 1. The lowest BCUT2D eigenvalue weighted by Crippen LogP contribution is -2.47. The monoisotopic (exact) mass is 330 g/mol. The van der Waals surface area contributed by atoms with E-state index in [4.69, 9.17) is 4.74 Å². The van der Waals surface area contributed by atoms with E-state index in [0.29, 0.717) is 25.3 Å². The summed E-state index contributed by atoms with van der Waals surface area (Å²) < 4.78 is 43.6. The Kier molecular flexibility index (Phi) is 5.19. The molecule has 1 aliphatic heterocycles. The first-order valence-corrected chi connectivity index (χ1v) is 7.50. The van der Waals surface area contributed by atoms with E-state index in [1.807, 2.05) is 0 Å². The second kappa shape index (κ2) is 6.78. The van der Waals surface area contributed by atoms with Gasteiger partial charge in [0.25, 0.3) is 0 Å². The van der Waals surface area contributed by atoms with Crippen LogP contribution in [0.25, 0.3) is 0 Å². The number of halogens is 3. The zero-order chi connectivity index (χ0) is 17.1. The summed E-state index contributed by atoms with van der Waals surface area (Å²) in [7, 11) is 0. The zero-order valence-corrected chi connectivity index (χ0v) is 13.2. The van der Waals surface area contributed by atoms with Crippen LogP contribution in [0.4, 0.5) is 18.0 Å². The molecule has 0 radical (unpaired) electrons. The Balaban J connectivity index is 1.98. The summed E-state index contributed by atoms with van der Waals surface area (Å²) in [6.45, 7) is 5.15. The molecule has 1 saturated heterocycles. The highest BCUT2D eigenvalue weighted by molar-refractivity contribution is 5.75. The van der Waals surface area contributed by atoms with Gasteiger partial charge < -0.3 is 15.4 Å². The van der Waals surface area contributed by atoms with Crippen molar-refractivity contribution in [3.05, 3.63) is 35.4 Å². The number of nitrogens with one attached hydrogen (secondary N) is 2. The van der Waals surface area contributed by atoms with Crippen molar-refractivity contribution in [3.8, 4) is 0 Å². The lowest BCUT2D eigenvalue weighted by atomic mass is 9.93. The van der Waals surface area contributed by atoms with Crippen LogP contribution >= 0.6 is 0 Å². The summed E-state index contributed by atoms with van der Waals surface area (Å²) in [5.74, 6) is 0.289.